The summed E-state index contributed by atoms with van der Waals surface area (Å²) < 4.78 is 6.03. The Hall–Kier alpha value is -0.770. The maximum Gasteiger partial charge on any atom is 0.317 e. The Labute approximate surface area is 148 Å². The number of carbonyl (C=O) groups is 1. The third kappa shape index (κ3) is 5.65. The SMILES string of the molecule is CN(C(=O)NC[C@H]1CCCO[C@@H]1C(C)(C)C)C1CCCCCCC1. The van der Waals surface area contributed by atoms with Gasteiger partial charge in [-0.1, -0.05) is 52.9 Å². The number of urea groups is 1. The number of carbonyl (C=O) groups excluding carboxylic acids is 1. The lowest BCUT2D eigenvalue weighted by molar-refractivity contribution is -0.0839. The molecule has 0 bridgehead atoms. The van der Waals surface area contributed by atoms with E-state index < -0.39 is 0 Å². The third-order valence-corrected chi connectivity index (χ3v) is 5.76. The average molecular weight is 339 g/mol. The minimum atomic E-state index is 0.0961. The molecule has 1 saturated heterocycles. The van der Waals surface area contributed by atoms with Gasteiger partial charge >= 0.3 is 6.03 Å². The standard InChI is InChI=1S/C20H38N2O2/c1-20(2,3)18-16(11-10-14-24-18)15-21-19(23)22(4)17-12-8-6-5-7-9-13-17/h16-18H,5-15H2,1-4H3,(H,21,23)/t16-,18+/m1/s1. The van der Waals surface area contributed by atoms with Crippen LogP contribution in [0.4, 0.5) is 4.79 Å². The van der Waals surface area contributed by atoms with Crippen LogP contribution >= 0.6 is 0 Å². The number of ether oxygens (including phenoxy) is 1. The van der Waals surface area contributed by atoms with Gasteiger partial charge in [-0.25, -0.2) is 4.79 Å². The second-order valence-corrected chi connectivity index (χ2v) is 8.86. The Morgan fingerprint density at radius 2 is 1.67 bits per heavy atom. The number of amides is 2. The van der Waals surface area contributed by atoms with Crippen molar-refractivity contribution in [2.45, 2.75) is 90.7 Å². The molecule has 2 rings (SSSR count). The van der Waals surface area contributed by atoms with Gasteiger partial charge < -0.3 is 15.0 Å². The van der Waals surface area contributed by atoms with E-state index in [1.54, 1.807) is 0 Å². The molecule has 1 aliphatic heterocycles. The third-order valence-electron chi connectivity index (χ3n) is 5.76. The number of rotatable bonds is 3. The maximum atomic E-state index is 12.6. The Morgan fingerprint density at radius 1 is 1.04 bits per heavy atom. The van der Waals surface area contributed by atoms with E-state index in [1.165, 1.54) is 32.1 Å². The highest BCUT2D eigenvalue weighted by molar-refractivity contribution is 5.74. The molecular formula is C20H38N2O2. The summed E-state index contributed by atoms with van der Waals surface area (Å²) >= 11 is 0. The van der Waals surface area contributed by atoms with Crippen LogP contribution in [0.15, 0.2) is 0 Å². The Bertz CT molecular complexity index is 384. The Morgan fingerprint density at radius 3 is 2.29 bits per heavy atom. The highest BCUT2D eigenvalue weighted by Crippen LogP contribution is 2.33. The molecule has 0 aromatic carbocycles. The molecule has 0 radical (unpaired) electrons. The van der Waals surface area contributed by atoms with Crippen molar-refractivity contribution < 1.29 is 9.53 Å². The van der Waals surface area contributed by atoms with Gasteiger partial charge in [0.25, 0.3) is 0 Å². The molecule has 1 N–H and O–H groups in total. The minimum Gasteiger partial charge on any atom is -0.377 e. The van der Waals surface area contributed by atoms with E-state index in [-0.39, 0.29) is 17.6 Å². The highest BCUT2D eigenvalue weighted by atomic mass is 16.5. The molecule has 1 saturated carbocycles. The van der Waals surface area contributed by atoms with E-state index in [4.69, 9.17) is 4.74 Å². The van der Waals surface area contributed by atoms with Crippen LogP contribution in [-0.2, 0) is 4.74 Å². The van der Waals surface area contributed by atoms with E-state index in [0.29, 0.717) is 12.0 Å². The summed E-state index contributed by atoms with van der Waals surface area (Å²) in [4.78, 5) is 14.6. The van der Waals surface area contributed by atoms with E-state index in [1.807, 2.05) is 11.9 Å². The van der Waals surface area contributed by atoms with Crippen LogP contribution in [0, 0.1) is 11.3 Å². The number of nitrogens with zero attached hydrogens (tertiary/aromatic N) is 1. The Kier molecular flexibility index (Phi) is 7.39. The zero-order chi connectivity index (χ0) is 17.6. The summed E-state index contributed by atoms with van der Waals surface area (Å²) in [6.45, 7) is 8.29. The van der Waals surface area contributed by atoms with Crippen molar-refractivity contribution in [2.75, 3.05) is 20.2 Å². The lowest BCUT2D eigenvalue weighted by Crippen LogP contribution is -2.49. The zero-order valence-electron chi connectivity index (χ0n) is 16.3. The van der Waals surface area contributed by atoms with Crippen LogP contribution in [0.25, 0.3) is 0 Å². The van der Waals surface area contributed by atoms with E-state index in [9.17, 15) is 4.79 Å². The average Bonchev–Trinajstić information content (AvgIpc) is 2.51. The predicted octanol–water partition coefficient (Wildman–Crippen LogP) is 4.58. The van der Waals surface area contributed by atoms with Gasteiger partial charge in [-0.15, -0.1) is 0 Å². The molecule has 4 nitrogen and oxygen atoms in total. The lowest BCUT2D eigenvalue weighted by atomic mass is 9.78. The zero-order valence-corrected chi connectivity index (χ0v) is 16.3. The van der Waals surface area contributed by atoms with Crippen molar-refractivity contribution >= 4 is 6.03 Å². The molecule has 0 aromatic heterocycles. The van der Waals surface area contributed by atoms with Gasteiger partial charge in [0.05, 0.1) is 6.10 Å². The molecule has 2 aliphatic rings. The van der Waals surface area contributed by atoms with Crippen LogP contribution in [0.5, 0.6) is 0 Å². The fraction of sp³-hybridized carbons (Fsp3) is 0.950. The number of nitrogens with one attached hydrogen (secondary N) is 1. The summed E-state index contributed by atoms with van der Waals surface area (Å²) in [5.41, 5.74) is 0.126. The van der Waals surface area contributed by atoms with Gasteiger partial charge in [0, 0.05) is 32.2 Å². The largest absolute Gasteiger partial charge is 0.377 e. The second kappa shape index (κ2) is 9.07. The number of hydrogen-bond donors (Lipinski definition) is 1. The van der Waals surface area contributed by atoms with E-state index in [2.05, 4.69) is 26.1 Å². The topological polar surface area (TPSA) is 41.6 Å². The molecule has 1 heterocycles. The molecule has 0 spiro atoms. The van der Waals surface area contributed by atoms with Gasteiger partial charge in [0.2, 0.25) is 0 Å². The van der Waals surface area contributed by atoms with Crippen molar-refractivity contribution in [3.63, 3.8) is 0 Å². The first kappa shape index (κ1) is 19.6. The fourth-order valence-electron chi connectivity index (χ4n) is 4.34. The highest BCUT2D eigenvalue weighted by Gasteiger charge is 2.35. The summed E-state index contributed by atoms with van der Waals surface area (Å²) in [7, 11) is 1.97. The minimum absolute atomic E-state index is 0.0961. The Balaban J connectivity index is 1.84. The molecule has 1 aliphatic carbocycles. The van der Waals surface area contributed by atoms with Crippen molar-refractivity contribution in [1.29, 1.82) is 0 Å². The molecule has 0 aromatic rings. The van der Waals surface area contributed by atoms with Crippen LogP contribution in [0.2, 0.25) is 0 Å². The molecule has 24 heavy (non-hydrogen) atoms. The number of hydrogen-bond acceptors (Lipinski definition) is 2. The summed E-state index contributed by atoms with van der Waals surface area (Å²) in [6.07, 6.45) is 11.3. The molecule has 2 fully saturated rings. The lowest BCUT2D eigenvalue weighted by Gasteiger charge is -2.40. The first-order valence-electron chi connectivity index (χ1n) is 10.0. The monoisotopic (exact) mass is 338 g/mol. The maximum absolute atomic E-state index is 12.6. The molecule has 4 heteroatoms. The van der Waals surface area contributed by atoms with Crippen molar-refractivity contribution in [2.24, 2.45) is 11.3 Å². The summed E-state index contributed by atoms with van der Waals surface area (Å²) in [6, 6.07) is 0.505. The summed E-state index contributed by atoms with van der Waals surface area (Å²) in [5.74, 6) is 0.424. The second-order valence-electron chi connectivity index (χ2n) is 8.86. The van der Waals surface area contributed by atoms with Crippen LogP contribution in [0.3, 0.4) is 0 Å². The van der Waals surface area contributed by atoms with Gasteiger partial charge in [-0.05, 0) is 31.1 Å². The van der Waals surface area contributed by atoms with E-state index >= 15 is 0 Å². The molecule has 2 amide bonds. The first-order valence-corrected chi connectivity index (χ1v) is 10.0. The van der Waals surface area contributed by atoms with Crippen molar-refractivity contribution in [1.82, 2.24) is 10.2 Å². The molecule has 0 unspecified atom stereocenters. The van der Waals surface area contributed by atoms with Gasteiger partial charge in [-0.3, -0.25) is 0 Å². The van der Waals surface area contributed by atoms with Crippen LogP contribution < -0.4 is 5.32 Å². The van der Waals surface area contributed by atoms with Crippen LogP contribution in [-0.4, -0.2) is 43.3 Å². The normalized spacial score (nSPS) is 27.2. The summed E-state index contributed by atoms with van der Waals surface area (Å²) in [5, 5.41) is 3.19. The predicted molar refractivity (Wildman–Crippen MR) is 99.2 cm³/mol. The van der Waals surface area contributed by atoms with Crippen LogP contribution in [0.1, 0.15) is 78.6 Å². The van der Waals surface area contributed by atoms with E-state index in [0.717, 1.165) is 38.8 Å². The quantitative estimate of drug-likeness (QED) is 0.818. The van der Waals surface area contributed by atoms with Gasteiger partial charge in [0.1, 0.15) is 0 Å². The molecule has 140 valence electrons. The smallest absolute Gasteiger partial charge is 0.317 e. The van der Waals surface area contributed by atoms with Crippen molar-refractivity contribution in [3.8, 4) is 0 Å². The fourth-order valence-corrected chi connectivity index (χ4v) is 4.34. The van der Waals surface area contributed by atoms with Gasteiger partial charge in [0.15, 0.2) is 0 Å². The molecular weight excluding hydrogens is 300 g/mol. The van der Waals surface area contributed by atoms with Crippen molar-refractivity contribution in [3.05, 3.63) is 0 Å². The molecule has 2 atom stereocenters. The van der Waals surface area contributed by atoms with Gasteiger partial charge in [-0.2, -0.15) is 0 Å². The first-order chi connectivity index (χ1) is 11.4.